The fourth-order valence-corrected chi connectivity index (χ4v) is 3.25. The molecule has 0 amide bonds. The zero-order valence-corrected chi connectivity index (χ0v) is 15.1. The highest BCUT2D eigenvalue weighted by molar-refractivity contribution is 5.93. The summed E-state index contributed by atoms with van der Waals surface area (Å²) in [7, 11) is 0. The van der Waals surface area contributed by atoms with E-state index in [9.17, 15) is 9.59 Å². The van der Waals surface area contributed by atoms with Crippen molar-refractivity contribution in [2.24, 2.45) is 0 Å². The number of carbonyl (C=O) groups excluding carboxylic acids is 2. The van der Waals surface area contributed by atoms with Crippen molar-refractivity contribution in [3.8, 4) is 5.75 Å². The van der Waals surface area contributed by atoms with Gasteiger partial charge in [0.25, 0.3) is 0 Å². The van der Waals surface area contributed by atoms with Gasteiger partial charge in [0.2, 0.25) is 0 Å². The van der Waals surface area contributed by atoms with Crippen LogP contribution in [0.5, 0.6) is 5.75 Å². The Kier molecular flexibility index (Phi) is 5.02. The summed E-state index contributed by atoms with van der Waals surface area (Å²) in [6.45, 7) is -0.324. The molecule has 0 aliphatic carbocycles. The molecule has 0 saturated carbocycles. The minimum Gasteiger partial charge on any atom is -0.481 e. The normalized spacial score (nSPS) is 10.7. The predicted molar refractivity (Wildman–Crippen MR) is 108 cm³/mol. The van der Waals surface area contributed by atoms with Crippen LogP contribution in [-0.4, -0.2) is 18.5 Å². The summed E-state index contributed by atoms with van der Waals surface area (Å²) in [6, 6.07) is 26.8. The van der Waals surface area contributed by atoms with E-state index in [1.54, 1.807) is 6.07 Å². The van der Waals surface area contributed by atoms with Crippen LogP contribution in [0.2, 0.25) is 0 Å². The van der Waals surface area contributed by atoms with E-state index in [2.05, 4.69) is 0 Å². The van der Waals surface area contributed by atoms with E-state index in [1.807, 2.05) is 78.9 Å². The standard InChI is InChI=1S/C24H18O4/c25-23(15-19-11-5-9-17-7-1-3-12-20(17)19)28-24(26)16-27-22-14-6-10-18-8-2-4-13-21(18)22/h1-14H,15-16H2. The molecule has 4 nitrogen and oxygen atoms in total. The Labute approximate surface area is 162 Å². The number of carbonyl (C=O) groups is 2. The van der Waals surface area contributed by atoms with Gasteiger partial charge in [-0.1, -0.05) is 78.9 Å². The number of benzene rings is 4. The van der Waals surface area contributed by atoms with Crippen molar-refractivity contribution >= 4 is 33.5 Å². The molecule has 28 heavy (non-hydrogen) atoms. The molecular formula is C24H18O4. The first kappa shape index (κ1) is 17.7. The number of fused-ring (bicyclic) bond motifs is 2. The smallest absolute Gasteiger partial charge is 0.351 e. The van der Waals surface area contributed by atoms with Gasteiger partial charge >= 0.3 is 11.9 Å². The Morgan fingerprint density at radius 3 is 2.04 bits per heavy atom. The van der Waals surface area contributed by atoms with Gasteiger partial charge < -0.3 is 9.47 Å². The van der Waals surface area contributed by atoms with Crippen molar-refractivity contribution in [3.05, 3.63) is 90.5 Å². The van der Waals surface area contributed by atoms with E-state index in [4.69, 9.17) is 9.47 Å². The molecule has 0 heterocycles. The van der Waals surface area contributed by atoms with Gasteiger partial charge in [-0.15, -0.1) is 0 Å². The third-order valence-electron chi connectivity index (χ3n) is 4.54. The van der Waals surface area contributed by atoms with Crippen molar-refractivity contribution in [1.82, 2.24) is 0 Å². The van der Waals surface area contributed by atoms with E-state index < -0.39 is 11.9 Å². The molecule has 4 heteroatoms. The SMILES string of the molecule is O=C(COc1cccc2ccccc12)OC(=O)Cc1cccc2ccccc12. The second kappa shape index (κ2) is 7.92. The summed E-state index contributed by atoms with van der Waals surface area (Å²) in [5, 5.41) is 3.93. The second-order valence-corrected chi connectivity index (χ2v) is 6.43. The Bertz CT molecular complexity index is 1150. The van der Waals surface area contributed by atoms with Crippen molar-refractivity contribution < 1.29 is 19.1 Å². The van der Waals surface area contributed by atoms with Crippen molar-refractivity contribution in [2.75, 3.05) is 6.61 Å². The monoisotopic (exact) mass is 370 g/mol. The lowest BCUT2D eigenvalue weighted by Gasteiger charge is -2.09. The van der Waals surface area contributed by atoms with Crippen LogP contribution in [0.4, 0.5) is 0 Å². The first-order valence-electron chi connectivity index (χ1n) is 9.01. The summed E-state index contributed by atoms with van der Waals surface area (Å²) in [5.41, 5.74) is 0.825. The highest BCUT2D eigenvalue weighted by atomic mass is 16.6. The van der Waals surface area contributed by atoms with E-state index in [-0.39, 0.29) is 13.0 Å². The number of hydrogen-bond donors (Lipinski definition) is 0. The molecule has 0 unspecified atom stereocenters. The van der Waals surface area contributed by atoms with Crippen LogP contribution in [0.1, 0.15) is 5.56 Å². The van der Waals surface area contributed by atoms with E-state index in [0.717, 1.165) is 27.1 Å². The Morgan fingerprint density at radius 2 is 1.25 bits per heavy atom. The van der Waals surface area contributed by atoms with Gasteiger partial charge in [-0.2, -0.15) is 0 Å². The predicted octanol–water partition coefficient (Wildman–Crippen LogP) is 4.68. The molecule has 0 N–H and O–H groups in total. The number of rotatable bonds is 5. The molecule has 138 valence electrons. The lowest BCUT2D eigenvalue weighted by Crippen LogP contribution is -2.20. The van der Waals surface area contributed by atoms with Gasteiger partial charge in [-0.05, 0) is 27.8 Å². The summed E-state index contributed by atoms with van der Waals surface area (Å²) in [4.78, 5) is 24.2. The Morgan fingerprint density at radius 1 is 0.643 bits per heavy atom. The minimum absolute atomic E-state index is 0.0291. The van der Waals surface area contributed by atoms with Gasteiger partial charge in [-0.3, -0.25) is 4.79 Å². The molecule has 0 bridgehead atoms. The highest BCUT2D eigenvalue weighted by Gasteiger charge is 2.14. The first-order chi connectivity index (χ1) is 13.7. The molecule has 0 aromatic heterocycles. The van der Waals surface area contributed by atoms with Crippen molar-refractivity contribution in [2.45, 2.75) is 6.42 Å². The summed E-state index contributed by atoms with van der Waals surface area (Å²) < 4.78 is 10.5. The average Bonchev–Trinajstić information content (AvgIpc) is 2.72. The van der Waals surface area contributed by atoms with E-state index in [0.29, 0.717) is 5.75 Å². The average molecular weight is 370 g/mol. The van der Waals surface area contributed by atoms with Crippen LogP contribution in [0.25, 0.3) is 21.5 Å². The van der Waals surface area contributed by atoms with Crippen molar-refractivity contribution in [3.63, 3.8) is 0 Å². The van der Waals surface area contributed by atoms with Crippen LogP contribution in [0.15, 0.2) is 84.9 Å². The Hall–Kier alpha value is -3.66. The number of esters is 2. The zero-order valence-electron chi connectivity index (χ0n) is 15.1. The van der Waals surface area contributed by atoms with E-state index in [1.165, 1.54) is 0 Å². The van der Waals surface area contributed by atoms with Gasteiger partial charge in [0.1, 0.15) is 5.75 Å². The van der Waals surface area contributed by atoms with Gasteiger partial charge in [0.15, 0.2) is 6.61 Å². The van der Waals surface area contributed by atoms with Crippen LogP contribution in [0, 0.1) is 0 Å². The third-order valence-corrected chi connectivity index (χ3v) is 4.54. The van der Waals surface area contributed by atoms with Gasteiger partial charge in [0, 0.05) is 5.39 Å². The molecular weight excluding hydrogens is 352 g/mol. The third kappa shape index (κ3) is 3.86. The maximum absolute atomic E-state index is 12.2. The maximum Gasteiger partial charge on any atom is 0.351 e. The Balaban J connectivity index is 1.39. The topological polar surface area (TPSA) is 52.6 Å². The van der Waals surface area contributed by atoms with Crippen molar-refractivity contribution in [1.29, 1.82) is 0 Å². The molecule has 0 fully saturated rings. The first-order valence-corrected chi connectivity index (χ1v) is 9.01. The molecule has 0 saturated heterocycles. The quantitative estimate of drug-likeness (QED) is 0.378. The molecule has 4 rings (SSSR count). The van der Waals surface area contributed by atoms with Crippen LogP contribution in [0.3, 0.4) is 0 Å². The molecule has 0 aliphatic rings. The fourth-order valence-electron chi connectivity index (χ4n) is 3.25. The minimum atomic E-state index is -0.710. The molecule has 0 aliphatic heterocycles. The fraction of sp³-hybridized carbons (Fsp3) is 0.0833. The van der Waals surface area contributed by atoms with Crippen LogP contribution in [-0.2, 0) is 20.7 Å². The van der Waals surface area contributed by atoms with Crippen LogP contribution < -0.4 is 4.74 Å². The maximum atomic E-state index is 12.2. The molecule has 4 aromatic rings. The zero-order chi connectivity index (χ0) is 19.3. The van der Waals surface area contributed by atoms with Gasteiger partial charge in [-0.25, -0.2) is 4.79 Å². The van der Waals surface area contributed by atoms with Gasteiger partial charge in [0.05, 0.1) is 6.42 Å². The largest absolute Gasteiger partial charge is 0.481 e. The van der Waals surface area contributed by atoms with Crippen LogP contribution >= 0.6 is 0 Å². The second-order valence-electron chi connectivity index (χ2n) is 6.43. The molecule has 0 radical (unpaired) electrons. The highest BCUT2D eigenvalue weighted by Crippen LogP contribution is 2.25. The number of hydrogen-bond acceptors (Lipinski definition) is 4. The molecule has 0 spiro atoms. The summed E-state index contributed by atoms with van der Waals surface area (Å²) in [6.07, 6.45) is 0.0291. The van der Waals surface area contributed by atoms with E-state index >= 15 is 0 Å². The summed E-state index contributed by atoms with van der Waals surface area (Å²) >= 11 is 0. The number of ether oxygens (including phenoxy) is 2. The molecule has 4 aromatic carbocycles. The summed E-state index contributed by atoms with van der Waals surface area (Å²) in [5.74, 6) is -0.724. The lowest BCUT2D eigenvalue weighted by molar-refractivity contribution is -0.160. The molecule has 0 atom stereocenters. The lowest BCUT2D eigenvalue weighted by atomic mass is 10.0.